The SMILES string of the molecule is O=[P+]([O-])[O-].[Cu+2]. The molecule has 5 heteroatoms. The molecule has 0 aromatic rings. The van der Waals surface area contributed by atoms with Crippen LogP contribution in [0.4, 0.5) is 0 Å². The van der Waals surface area contributed by atoms with E-state index in [1.165, 1.54) is 0 Å². The van der Waals surface area contributed by atoms with Crippen molar-refractivity contribution in [2.45, 2.75) is 0 Å². The van der Waals surface area contributed by atoms with Gasteiger partial charge >= 0.3 is 17.1 Å². The summed E-state index contributed by atoms with van der Waals surface area (Å²) in [6.45, 7) is 0. The fraction of sp³-hybridized carbons (Fsp3) is 0. The molecule has 0 unspecified atom stereocenters. The Balaban J connectivity index is 0. The smallest absolute Gasteiger partial charge is 0.598 e. The van der Waals surface area contributed by atoms with E-state index in [0.29, 0.717) is 0 Å². The van der Waals surface area contributed by atoms with Crippen LogP contribution in [0.3, 0.4) is 0 Å². The Morgan fingerprint density at radius 1 is 1.40 bits per heavy atom. The molecule has 0 heterocycles. The number of hydrogen-bond acceptors (Lipinski definition) is 3. The summed E-state index contributed by atoms with van der Waals surface area (Å²) in [5, 5.41) is 0. The van der Waals surface area contributed by atoms with Crippen molar-refractivity contribution in [3.05, 3.63) is 0 Å². The Labute approximate surface area is 40.4 Å². The first-order chi connectivity index (χ1) is 1.73. The third-order valence-electron chi connectivity index (χ3n) is 0. The van der Waals surface area contributed by atoms with Crippen LogP contribution in [-0.2, 0) is 21.6 Å². The topological polar surface area (TPSA) is 63.2 Å². The van der Waals surface area contributed by atoms with Crippen LogP contribution in [0.15, 0.2) is 0 Å². The van der Waals surface area contributed by atoms with Gasteiger partial charge in [0.2, 0.25) is 0 Å². The summed E-state index contributed by atoms with van der Waals surface area (Å²) in [4.78, 5) is 17.0. The molecule has 0 fully saturated rings. The Morgan fingerprint density at radius 3 is 1.40 bits per heavy atom. The second-order valence-electron chi connectivity index (χ2n) is 0.224. The van der Waals surface area contributed by atoms with E-state index < -0.39 is 8.25 Å². The van der Waals surface area contributed by atoms with Crippen molar-refractivity contribution in [2.24, 2.45) is 0 Å². The summed E-state index contributed by atoms with van der Waals surface area (Å²) in [5.41, 5.74) is 0. The Hall–Kier alpha value is 0.539. The van der Waals surface area contributed by atoms with E-state index >= 15 is 0 Å². The normalized spacial score (nSPS) is 5.20. The Kier molecular flexibility index (Phi) is 8.27. The van der Waals surface area contributed by atoms with E-state index in [-0.39, 0.29) is 17.1 Å². The van der Waals surface area contributed by atoms with Crippen LogP contribution in [0.5, 0.6) is 0 Å². The van der Waals surface area contributed by atoms with Crippen LogP contribution in [0.25, 0.3) is 0 Å². The minimum Gasteiger partial charge on any atom is -0.598 e. The summed E-state index contributed by atoms with van der Waals surface area (Å²) >= 11 is 0. The van der Waals surface area contributed by atoms with Crippen molar-refractivity contribution in [3.63, 3.8) is 0 Å². The summed E-state index contributed by atoms with van der Waals surface area (Å²) in [5.74, 6) is 0. The molecule has 0 saturated heterocycles. The predicted octanol–water partition coefficient (Wildman–Crippen LogP) is -1.64. The zero-order valence-electron chi connectivity index (χ0n) is 1.97. The molecule has 0 amide bonds. The minimum atomic E-state index is -3.37. The summed E-state index contributed by atoms with van der Waals surface area (Å²) in [6, 6.07) is 0. The average molecular weight is 143 g/mol. The van der Waals surface area contributed by atoms with Gasteiger partial charge in [0, 0.05) is 0 Å². The maximum absolute atomic E-state index is 8.48. The zero-order chi connectivity index (χ0) is 3.58. The second kappa shape index (κ2) is 4.54. The van der Waals surface area contributed by atoms with Gasteiger partial charge in [-0.15, -0.1) is 0 Å². The van der Waals surface area contributed by atoms with Crippen molar-refractivity contribution < 1.29 is 31.4 Å². The van der Waals surface area contributed by atoms with Gasteiger partial charge in [-0.3, -0.25) is 0 Å². The first-order valence-electron chi connectivity index (χ1n) is 0.548. The van der Waals surface area contributed by atoms with Gasteiger partial charge < -0.3 is 9.79 Å². The molecule has 0 aliphatic rings. The third kappa shape index (κ3) is 101. The molecule has 0 spiro atoms. The van der Waals surface area contributed by atoms with Crippen LogP contribution in [-0.4, -0.2) is 0 Å². The standard InChI is InChI=1S/Cu.HO3P/c;1-4(2)3/h;(H,1,2,3)/q+2;/p-1. The molecular formula is CuO3P+. The molecule has 0 aliphatic heterocycles. The van der Waals surface area contributed by atoms with Crippen molar-refractivity contribution >= 4 is 8.25 Å². The van der Waals surface area contributed by atoms with E-state index in [2.05, 4.69) is 0 Å². The molecule has 0 bridgehead atoms. The van der Waals surface area contributed by atoms with E-state index in [4.69, 9.17) is 14.4 Å². The molecule has 0 saturated carbocycles. The molecule has 0 atom stereocenters. The predicted molar refractivity (Wildman–Crippen MR) is 7.61 cm³/mol. The van der Waals surface area contributed by atoms with Gasteiger partial charge in [-0.2, -0.15) is 0 Å². The molecule has 0 rings (SSSR count). The van der Waals surface area contributed by atoms with Gasteiger partial charge in [0.05, 0.1) is 0 Å². The summed E-state index contributed by atoms with van der Waals surface area (Å²) in [6.07, 6.45) is 0. The van der Waals surface area contributed by atoms with Crippen molar-refractivity contribution in [1.82, 2.24) is 0 Å². The van der Waals surface area contributed by atoms with Gasteiger partial charge in [0.25, 0.3) is 8.25 Å². The summed E-state index contributed by atoms with van der Waals surface area (Å²) < 4.78 is 8.48. The van der Waals surface area contributed by atoms with Crippen molar-refractivity contribution in [3.8, 4) is 0 Å². The Bertz CT molecular complexity index is 29.9. The molecular weight excluding hydrogens is 143 g/mol. The van der Waals surface area contributed by atoms with Crippen LogP contribution in [0, 0.1) is 0 Å². The van der Waals surface area contributed by atoms with Crippen molar-refractivity contribution in [2.75, 3.05) is 0 Å². The van der Waals surface area contributed by atoms with Crippen LogP contribution < -0.4 is 9.79 Å². The van der Waals surface area contributed by atoms with Crippen LogP contribution in [0.1, 0.15) is 0 Å². The second-order valence-corrected chi connectivity index (χ2v) is 0.671. The van der Waals surface area contributed by atoms with Crippen molar-refractivity contribution in [1.29, 1.82) is 0 Å². The molecule has 0 aliphatic carbocycles. The van der Waals surface area contributed by atoms with Gasteiger partial charge in [-0.1, -0.05) is 4.57 Å². The monoisotopic (exact) mass is 142 g/mol. The molecule has 33 valence electrons. The van der Waals surface area contributed by atoms with Crippen LogP contribution >= 0.6 is 8.25 Å². The quantitative estimate of drug-likeness (QED) is 0.301. The molecule has 1 radical (unpaired) electrons. The Morgan fingerprint density at radius 2 is 1.40 bits per heavy atom. The average Bonchev–Trinajstić information content (AvgIpc) is 0.811. The molecule has 0 aromatic heterocycles. The fourth-order valence-electron chi connectivity index (χ4n) is 0. The minimum absolute atomic E-state index is 0. The van der Waals surface area contributed by atoms with E-state index in [1.807, 2.05) is 0 Å². The van der Waals surface area contributed by atoms with E-state index in [0.717, 1.165) is 0 Å². The van der Waals surface area contributed by atoms with E-state index in [9.17, 15) is 0 Å². The molecule has 5 heavy (non-hydrogen) atoms. The van der Waals surface area contributed by atoms with Gasteiger partial charge in [-0.25, -0.2) is 0 Å². The van der Waals surface area contributed by atoms with Gasteiger partial charge in [0.1, 0.15) is 0 Å². The number of rotatable bonds is 0. The first kappa shape index (κ1) is 9.11. The largest absolute Gasteiger partial charge is 2.00 e. The van der Waals surface area contributed by atoms with Gasteiger partial charge in [-0.05, 0) is 0 Å². The maximum Gasteiger partial charge on any atom is 2.00 e. The first-order valence-corrected chi connectivity index (χ1v) is 1.64. The van der Waals surface area contributed by atoms with Crippen LogP contribution in [0.2, 0.25) is 0 Å². The van der Waals surface area contributed by atoms with E-state index in [1.54, 1.807) is 0 Å². The maximum atomic E-state index is 8.48. The number of hydrogen-bond donors (Lipinski definition) is 0. The molecule has 3 nitrogen and oxygen atoms in total. The van der Waals surface area contributed by atoms with Gasteiger partial charge in [0.15, 0.2) is 0 Å². The summed E-state index contributed by atoms with van der Waals surface area (Å²) in [7, 11) is -3.37. The molecule has 0 N–H and O–H groups in total. The fourth-order valence-corrected chi connectivity index (χ4v) is 0. The zero-order valence-corrected chi connectivity index (χ0v) is 3.81. The third-order valence-corrected chi connectivity index (χ3v) is 0. The molecule has 0 aromatic carbocycles.